The molecule has 0 aliphatic carbocycles. The fraction of sp³-hybridized carbons (Fsp3) is 0.115. The topological polar surface area (TPSA) is 61.4 Å². The Labute approximate surface area is 193 Å². The normalized spacial score (nSPS) is 10.6. The van der Waals surface area contributed by atoms with Crippen LogP contribution in [0.15, 0.2) is 84.9 Å². The van der Waals surface area contributed by atoms with E-state index in [1.54, 1.807) is 42.3 Å². The number of carbonyl (C=O) groups excluding carboxylic acids is 2. The summed E-state index contributed by atoms with van der Waals surface area (Å²) >= 11 is 5.24. The fourth-order valence-electron chi connectivity index (χ4n) is 3.04. The van der Waals surface area contributed by atoms with Crippen LogP contribution < -0.4 is 10.6 Å². The SMILES string of the molecule is Cc1ccc(/C=C/C(=O)NC(=S)Nc2cccc(C(=O)N(C)Cc3ccccc3)c2)cc1. The molecule has 32 heavy (non-hydrogen) atoms. The third kappa shape index (κ3) is 6.89. The van der Waals surface area contributed by atoms with Gasteiger partial charge in [-0.3, -0.25) is 14.9 Å². The summed E-state index contributed by atoms with van der Waals surface area (Å²) < 4.78 is 0. The highest BCUT2D eigenvalue weighted by Crippen LogP contribution is 2.14. The molecule has 0 atom stereocenters. The predicted molar refractivity (Wildman–Crippen MR) is 133 cm³/mol. The van der Waals surface area contributed by atoms with Crippen molar-refractivity contribution in [2.45, 2.75) is 13.5 Å². The molecule has 3 rings (SSSR count). The largest absolute Gasteiger partial charge is 0.337 e. The van der Waals surface area contributed by atoms with Gasteiger partial charge in [-0.1, -0.05) is 66.2 Å². The number of thiocarbonyl (C=S) groups is 1. The van der Waals surface area contributed by atoms with E-state index in [9.17, 15) is 9.59 Å². The first-order chi connectivity index (χ1) is 15.4. The van der Waals surface area contributed by atoms with E-state index in [4.69, 9.17) is 12.2 Å². The highest BCUT2D eigenvalue weighted by molar-refractivity contribution is 7.80. The lowest BCUT2D eigenvalue weighted by molar-refractivity contribution is -0.115. The van der Waals surface area contributed by atoms with E-state index in [0.717, 1.165) is 16.7 Å². The minimum Gasteiger partial charge on any atom is -0.337 e. The second kappa shape index (κ2) is 11.0. The molecule has 3 aromatic rings. The Morgan fingerprint density at radius 1 is 0.969 bits per heavy atom. The zero-order valence-electron chi connectivity index (χ0n) is 18.0. The summed E-state index contributed by atoms with van der Waals surface area (Å²) in [6.45, 7) is 2.52. The number of rotatable bonds is 6. The number of hydrogen-bond acceptors (Lipinski definition) is 3. The van der Waals surface area contributed by atoms with Gasteiger partial charge in [0.05, 0.1) is 0 Å². The van der Waals surface area contributed by atoms with E-state index in [1.807, 2.05) is 61.5 Å². The minimum atomic E-state index is -0.335. The van der Waals surface area contributed by atoms with Crippen molar-refractivity contribution in [1.82, 2.24) is 10.2 Å². The van der Waals surface area contributed by atoms with Crippen LogP contribution in [0.2, 0.25) is 0 Å². The Hall–Kier alpha value is -3.77. The molecule has 3 aromatic carbocycles. The average Bonchev–Trinajstić information content (AvgIpc) is 2.79. The molecule has 0 radical (unpaired) electrons. The average molecular weight is 444 g/mol. The van der Waals surface area contributed by atoms with Crippen LogP contribution in [0.4, 0.5) is 5.69 Å². The van der Waals surface area contributed by atoms with Gasteiger partial charge >= 0.3 is 0 Å². The number of amides is 2. The van der Waals surface area contributed by atoms with Gasteiger partial charge in [0, 0.05) is 30.9 Å². The Balaban J connectivity index is 1.56. The van der Waals surface area contributed by atoms with Gasteiger partial charge < -0.3 is 10.2 Å². The second-order valence-corrected chi connectivity index (χ2v) is 7.82. The number of nitrogens with zero attached hydrogens (tertiary/aromatic N) is 1. The molecule has 6 heteroatoms. The summed E-state index contributed by atoms with van der Waals surface area (Å²) in [7, 11) is 1.76. The van der Waals surface area contributed by atoms with Gasteiger partial charge in [-0.2, -0.15) is 0 Å². The Morgan fingerprint density at radius 2 is 1.69 bits per heavy atom. The lowest BCUT2D eigenvalue weighted by Gasteiger charge is -2.18. The highest BCUT2D eigenvalue weighted by Gasteiger charge is 2.13. The van der Waals surface area contributed by atoms with Crippen molar-refractivity contribution in [3.63, 3.8) is 0 Å². The minimum absolute atomic E-state index is 0.103. The van der Waals surface area contributed by atoms with Crippen molar-refractivity contribution in [2.24, 2.45) is 0 Å². The first-order valence-electron chi connectivity index (χ1n) is 10.2. The zero-order valence-corrected chi connectivity index (χ0v) is 18.9. The van der Waals surface area contributed by atoms with Crippen LogP contribution in [-0.4, -0.2) is 28.9 Å². The van der Waals surface area contributed by atoms with Crippen LogP contribution in [0, 0.1) is 6.92 Å². The molecule has 2 amide bonds. The summed E-state index contributed by atoms with van der Waals surface area (Å²) in [5, 5.41) is 5.73. The van der Waals surface area contributed by atoms with Crippen molar-refractivity contribution in [2.75, 3.05) is 12.4 Å². The Bertz CT molecular complexity index is 1130. The highest BCUT2D eigenvalue weighted by atomic mass is 32.1. The maximum Gasteiger partial charge on any atom is 0.253 e. The lowest BCUT2D eigenvalue weighted by Crippen LogP contribution is -2.33. The summed E-state index contributed by atoms with van der Waals surface area (Å²) in [6, 6.07) is 24.7. The van der Waals surface area contributed by atoms with Crippen molar-refractivity contribution in [1.29, 1.82) is 0 Å². The summed E-state index contributed by atoms with van der Waals surface area (Å²) in [4.78, 5) is 26.6. The van der Waals surface area contributed by atoms with Gasteiger partial charge in [0.25, 0.3) is 5.91 Å². The first-order valence-corrected chi connectivity index (χ1v) is 10.6. The van der Waals surface area contributed by atoms with Gasteiger partial charge in [0.1, 0.15) is 0 Å². The van der Waals surface area contributed by atoms with Crippen molar-refractivity contribution < 1.29 is 9.59 Å². The third-order valence-corrected chi connectivity index (χ3v) is 4.92. The van der Waals surface area contributed by atoms with Gasteiger partial charge in [0.2, 0.25) is 5.91 Å². The van der Waals surface area contributed by atoms with Crippen molar-refractivity contribution in [3.8, 4) is 0 Å². The summed E-state index contributed by atoms with van der Waals surface area (Å²) in [5.74, 6) is -0.439. The molecule has 0 unspecified atom stereocenters. The maximum absolute atomic E-state index is 12.8. The summed E-state index contributed by atoms with van der Waals surface area (Å²) in [6.07, 6.45) is 3.15. The van der Waals surface area contributed by atoms with E-state index >= 15 is 0 Å². The predicted octanol–water partition coefficient (Wildman–Crippen LogP) is 4.79. The summed E-state index contributed by atoms with van der Waals surface area (Å²) in [5.41, 5.74) is 4.29. The van der Waals surface area contributed by atoms with Crippen molar-refractivity contribution >= 4 is 40.9 Å². The molecule has 0 fully saturated rings. The molecule has 0 heterocycles. The van der Waals surface area contributed by atoms with Crippen LogP contribution >= 0.6 is 12.2 Å². The molecule has 2 N–H and O–H groups in total. The maximum atomic E-state index is 12.8. The molecular weight excluding hydrogens is 418 g/mol. The van der Waals surface area contributed by atoms with Crippen LogP contribution in [0.1, 0.15) is 27.0 Å². The second-order valence-electron chi connectivity index (χ2n) is 7.42. The zero-order chi connectivity index (χ0) is 22.9. The Kier molecular flexibility index (Phi) is 7.89. The van der Waals surface area contributed by atoms with Gasteiger partial charge in [0.15, 0.2) is 5.11 Å². The van der Waals surface area contributed by atoms with Crippen LogP contribution in [0.25, 0.3) is 6.08 Å². The molecule has 0 aliphatic heterocycles. The third-order valence-electron chi connectivity index (χ3n) is 4.72. The lowest BCUT2D eigenvalue weighted by atomic mass is 10.1. The molecule has 0 spiro atoms. The van der Waals surface area contributed by atoms with E-state index in [-0.39, 0.29) is 16.9 Å². The number of benzene rings is 3. The first kappa shape index (κ1) is 22.9. The standard InChI is InChI=1S/C26H25N3O2S/c1-19-11-13-20(14-12-19)15-16-24(30)28-26(32)27-23-10-6-9-22(17-23)25(31)29(2)18-21-7-4-3-5-8-21/h3-17H,18H2,1-2H3,(H2,27,28,30,32)/b16-15+. The van der Waals surface area contributed by atoms with Crippen LogP contribution in [0.5, 0.6) is 0 Å². The molecule has 0 bridgehead atoms. The number of hydrogen-bond donors (Lipinski definition) is 2. The monoisotopic (exact) mass is 443 g/mol. The van der Waals surface area contributed by atoms with E-state index < -0.39 is 0 Å². The smallest absolute Gasteiger partial charge is 0.253 e. The number of nitrogens with one attached hydrogen (secondary N) is 2. The van der Waals surface area contributed by atoms with E-state index in [1.165, 1.54) is 6.08 Å². The van der Waals surface area contributed by atoms with E-state index in [0.29, 0.717) is 17.8 Å². The molecule has 0 aromatic heterocycles. The number of anilines is 1. The van der Waals surface area contributed by atoms with Gasteiger partial charge in [-0.25, -0.2) is 0 Å². The van der Waals surface area contributed by atoms with Crippen molar-refractivity contribution in [3.05, 3.63) is 107 Å². The molecule has 162 valence electrons. The fourth-order valence-corrected chi connectivity index (χ4v) is 3.26. The van der Waals surface area contributed by atoms with E-state index in [2.05, 4.69) is 10.6 Å². The molecule has 0 aliphatic rings. The van der Waals surface area contributed by atoms with Crippen LogP contribution in [-0.2, 0) is 11.3 Å². The molecular formula is C26H25N3O2S. The quantitative estimate of drug-likeness (QED) is 0.425. The van der Waals surface area contributed by atoms with Crippen LogP contribution in [0.3, 0.4) is 0 Å². The molecule has 5 nitrogen and oxygen atoms in total. The molecule has 0 saturated heterocycles. The number of aryl methyl sites for hydroxylation is 1. The Morgan fingerprint density at radius 3 is 2.41 bits per heavy atom. The number of carbonyl (C=O) groups is 2. The van der Waals surface area contributed by atoms with Gasteiger partial charge in [-0.15, -0.1) is 0 Å². The van der Waals surface area contributed by atoms with Gasteiger partial charge in [-0.05, 0) is 54.5 Å². The molecule has 0 saturated carbocycles.